The van der Waals surface area contributed by atoms with Crippen molar-refractivity contribution in [1.82, 2.24) is 10.3 Å². The molecular weight excluding hydrogens is 234 g/mol. The van der Waals surface area contributed by atoms with Gasteiger partial charge in [-0.3, -0.25) is 11.3 Å². The van der Waals surface area contributed by atoms with Gasteiger partial charge in [-0.25, -0.2) is 0 Å². The maximum absolute atomic E-state index is 5.75. The molecule has 106 valence electrons. The van der Waals surface area contributed by atoms with Crippen molar-refractivity contribution in [2.45, 2.75) is 38.6 Å². The van der Waals surface area contributed by atoms with E-state index in [2.05, 4.69) is 54.5 Å². The predicted octanol–water partition coefficient (Wildman–Crippen LogP) is 2.35. The Morgan fingerprint density at radius 2 is 1.95 bits per heavy atom. The number of nitrogens with zero attached hydrogens (tertiary/aromatic N) is 1. The van der Waals surface area contributed by atoms with Gasteiger partial charge < -0.3 is 4.90 Å². The second-order valence-electron chi connectivity index (χ2n) is 5.51. The van der Waals surface area contributed by atoms with Gasteiger partial charge in [0.25, 0.3) is 0 Å². The minimum Gasteiger partial charge on any atom is -0.304 e. The van der Waals surface area contributed by atoms with Crippen LogP contribution in [0.4, 0.5) is 0 Å². The minimum absolute atomic E-state index is 0.450. The SMILES string of the molecule is CCN(CC)CCC(NN)C1CC1c1ccccc1. The lowest BCUT2D eigenvalue weighted by Gasteiger charge is -2.22. The molecule has 0 bridgehead atoms. The monoisotopic (exact) mass is 261 g/mol. The van der Waals surface area contributed by atoms with E-state index < -0.39 is 0 Å². The van der Waals surface area contributed by atoms with E-state index in [1.54, 1.807) is 0 Å². The first-order valence-electron chi connectivity index (χ1n) is 7.53. The van der Waals surface area contributed by atoms with E-state index in [0.717, 1.165) is 26.1 Å². The molecule has 3 N–H and O–H groups in total. The number of rotatable bonds is 8. The van der Waals surface area contributed by atoms with E-state index in [1.165, 1.54) is 12.0 Å². The van der Waals surface area contributed by atoms with Crippen molar-refractivity contribution in [2.75, 3.05) is 19.6 Å². The fourth-order valence-electron chi connectivity index (χ4n) is 3.03. The summed E-state index contributed by atoms with van der Waals surface area (Å²) >= 11 is 0. The third-order valence-corrected chi connectivity index (χ3v) is 4.45. The predicted molar refractivity (Wildman–Crippen MR) is 80.8 cm³/mol. The van der Waals surface area contributed by atoms with Gasteiger partial charge in [0.1, 0.15) is 0 Å². The lowest BCUT2D eigenvalue weighted by Crippen LogP contribution is -2.40. The molecule has 0 amide bonds. The summed E-state index contributed by atoms with van der Waals surface area (Å²) < 4.78 is 0. The topological polar surface area (TPSA) is 41.3 Å². The number of hydrogen-bond acceptors (Lipinski definition) is 3. The van der Waals surface area contributed by atoms with E-state index in [9.17, 15) is 0 Å². The molecule has 1 saturated carbocycles. The normalized spacial score (nSPS) is 23.6. The van der Waals surface area contributed by atoms with Gasteiger partial charge in [0.15, 0.2) is 0 Å². The van der Waals surface area contributed by atoms with Crippen molar-refractivity contribution < 1.29 is 0 Å². The Morgan fingerprint density at radius 3 is 2.53 bits per heavy atom. The standard InChI is InChI=1S/C16H27N3/c1-3-19(4-2)11-10-16(18-17)15-12-14(15)13-8-6-5-7-9-13/h5-9,14-16,18H,3-4,10-12,17H2,1-2H3. The van der Waals surface area contributed by atoms with E-state index >= 15 is 0 Å². The zero-order valence-electron chi connectivity index (χ0n) is 12.2. The summed E-state index contributed by atoms with van der Waals surface area (Å²) in [5, 5.41) is 0. The molecule has 3 unspecified atom stereocenters. The Labute approximate surface area is 117 Å². The Bertz CT molecular complexity index is 362. The zero-order valence-corrected chi connectivity index (χ0v) is 12.2. The first-order chi connectivity index (χ1) is 9.30. The molecule has 0 saturated heterocycles. The summed E-state index contributed by atoms with van der Waals surface area (Å²) in [5.74, 6) is 7.17. The maximum atomic E-state index is 5.75. The van der Waals surface area contributed by atoms with Gasteiger partial charge in [-0.1, -0.05) is 44.2 Å². The molecule has 1 aromatic carbocycles. The number of hydrazine groups is 1. The van der Waals surface area contributed by atoms with Gasteiger partial charge in [-0.05, 0) is 49.9 Å². The fraction of sp³-hybridized carbons (Fsp3) is 0.625. The highest BCUT2D eigenvalue weighted by Crippen LogP contribution is 2.49. The highest BCUT2D eigenvalue weighted by Gasteiger charge is 2.43. The molecular formula is C16H27N3. The van der Waals surface area contributed by atoms with Crippen LogP contribution in [0.2, 0.25) is 0 Å². The van der Waals surface area contributed by atoms with Crippen LogP contribution in [0.3, 0.4) is 0 Å². The fourth-order valence-corrected chi connectivity index (χ4v) is 3.03. The van der Waals surface area contributed by atoms with Gasteiger partial charge >= 0.3 is 0 Å². The molecule has 2 rings (SSSR count). The van der Waals surface area contributed by atoms with Crippen LogP contribution in [0.15, 0.2) is 30.3 Å². The molecule has 1 fully saturated rings. The molecule has 3 heteroatoms. The molecule has 1 aromatic rings. The van der Waals surface area contributed by atoms with Crippen LogP contribution < -0.4 is 11.3 Å². The quantitative estimate of drug-likeness (QED) is 0.557. The van der Waals surface area contributed by atoms with E-state index in [-0.39, 0.29) is 0 Å². The summed E-state index contributed by atoms with van der Waals surface area (Å²) in [5.41, 5.74) is 4.51. The first kappa shape index (κ1) is 14.5. The molecule has 3 nitrogen and oxygen atoms in total. The van der Waals surface area contributed by atoms with Crippen LogP contribution in [0.1, 0.15) is 38.2 Å². The zero-order chi connectivity index (χ0) is 13.7. The smallest absolute Gasteiger partial charge is 0.0257 e. The van der Waals surface area contributed by atoms with Crippen molar-refractivity contribution in [2.24, 2.45) is 11.8 Å². The second-order valence-corrected chi connectivity index (χ2v) is 5.51. The average molecular weight is 261 g/mol. The van der Waals surface area contributed by atoms with Gasteiger partial charge in [-0.15, -0.1) is 0 Å². The molecule has 0 aliphatic heterocycles. The van der Waals surface area contributed by atoms with Gasteiger partial charge in [0.05, 0.1) is 0 Å². The van der Waals surface area contributed by atoms with Gasteiger partial charge in [0.2, 0.25) is 0 Å². The third kappa shape index (κ3) is 3.78. The van der Waals surface area contributed by atoms with E-state index in [1.807, 2.05) is 0 Å². The molecule has 0 heterocycles. The minimum atomic E-state index is 0.450. The second kappa shape index (κ2) is 7.04. The Hall–Kier alpha value is -0.900. The summed E-state index contributed by atoms with van der Waals surface area (Å²) in [4.78, 5) is 2.46. The van der Waals surface area contributed by atoms with Crippen LogP contribution in [-0.4, -0.2) is 30.6 Å². The van der Waals surface area contributed by atoms with Crippen LogP contribution in [0.5, 0.6) is 0 Å². The Balaban J connectivity index is 1.84. The first-order valence-corrected chi connectivity index (χ1v) is 7.53. The Kier molecular flexibility index (Phi) is 5.37. The lowest BCUT2D eigenvalue weighted by atomic mass is 10.0. The Morgan fingerprint density at radius 1 is 1.26 bits per heavy atom. The number of nitrogens with two attached hydrogens (primary N) is 1. The van der Waals surface area contributed by atoms with Crippen molar-refractivity contribution in [1.29, 1.82) is 0 Å². The van der Waals surface area contributed by atoms with Gasteiger partial charge in [-0.2, -0.15) is 0 Å². The summed E-state index contributed by atoms with van der Waals surface area (Å²) in [6, 6.07) is 11.3. The van der Waals surface area contributed by atoms with Crippen molar-refractivity contribution >= 4 is 0 Å². The number of hydrogen-bond donors (Lipinski definition) is 2. The summed E-state index contributed by atoms with van der Waals surface area (Å²) in [7, 11) is 0. The highest BCUT2D eigenvalue weighted by atomic mass is 15.2. The molecule has 19 heavy (non-hydrogen) atoms. The van der Waals surface area contributed by atoms with Crippen molar-refractivity contribution in [3.8, 4) is 0 Å². The largest absolute Gasteiger partial charge is 0.304 e. The molecule has 3 atom stereocenters. The average Bonchev–Trinajstić information content (AvgIpc) is 3.25. The van der Waals surface area contributed by atoms with E-state index in [0.29, 0.717) is 17.9 Å². The van der Waals surface area contributed by atoms with Crippen LogP contribution in [0, 0.1) is 5.92 Å². The molecule has 1 aliphatic rings. The van der Waals surface area contributed by atoms with Crippen molar-refractivity contribution in [3.05, 3.63) is 35.9 Å². The van der Waals surface area contributed by atoms with Crippen LogP contribution in [-0.2, 0) is 0 Å². The molecule has 1 aliphatic carbocycles. The van der Waals surface area contributed by atoms with E-state index in [4.69, 9.17) is 5.84 Å². The number of nitrogens with one attached hydrogen (secondary N) is 1. The lowest BCUT2D eigenvalue weighted by molar-refractivity contribution is 0.273. The maximum Gasteiger partial charge on any atom is 0.0257 e. The van der Waals surface area contributed by atoms with Gasteiger partial charge in [0, 0.05) is 6.04 Å². The molecule has 0 spiro atoms. The summed E-state index contributed by atoms with van der Waals surface area (Å²) in [6.45, 7) is 7.83. The highest BCUT2D eigenvalue weighted by molar-refractivity contribution is 5.26. The third-order valence-electron chi connectivity index (χ3n) is 4.45. The van der Waals surface area contributed by atoms with Crippen LogP contribution >= 0.6 is 0 Å². The van der Waals surface area contributed by atoms with Crippen molar-refractivity contribution in [3.63, 3.8) is 0 Å². The summed E-state index contributed by atoms with van der Waals surface area (Å²) in [6.07, 6.45) is 2.42. The van der Waals surface area contributed by atoms with Crippen LogP contribution in [0.25, 0.3) is 0 Å². The molecule has 0 radical (unpaired) electrons. The molecule has 0 aromatic heterocycles. The number of benzene rings is 1.